The Morgan fingerprint density at radius 1 is 1.10 bits per heavy atom. The van der Waals surface area contributed by atoms with Crippen LogP contribution >= 0.6 is 0 Å². The van der Waals surface area contributed by atoms with Crippen LogP contribution in [0.5, 0.6) is 0 Å². The van der Waals surface area contributed by atoms with Crippen LogP contribution in [0.2, 0.25) is 0 Å². The van der Waals surface area contributed by atoms with Crippen LogP contribution in [-0.2, 0) is 6.18 Å². The van der Waals surface area contributed by atoms with Crippen molar-refractivity contribution in [1.82, 2.24) is 29.5 Å². The van der Waals surface area contributed by atoms with E-state index in [1.54, 1.807) is 10.6 Å². The highest BCUT2D eigenvalue weighted by Crippen LogP contribution is 2.54. The lowest BCUT2D eigenvalue weighted by Crippen LogP contribution is -2.23. The van der Waals surface area contributed by atoms with E-state index in [0.717, 1.165) is 23.4 Å². The topological polar surface area (TPSA) is 109 Å². The first-order valence-electron chi connectivity index (χ1n) is 9.01. The molecular formula is C19H13F3N6O2. The lowest BCUT2D eigenvalue weighted by atomic mass is 10.0. The van der Waals surface area contributed by atoms with Gasteiger partial charge in [-0.2, -0.15) is 23.3 Å². The summed E-state index contributed by atoms with van der Waals surface area (Å²) in [5.41, 5.74) is 0.123. The second-order valence-corrected chi connectivity index (χ2v) is 7.09. The van der Waals surface area contributed by atoms with Crippen molar-refractivity contribution >= 4 is 5.78 Å². The number of benzene rings is 1. The first kappa shape index (κ1) is 18.3. The van der Waals surface area contributed by atoms with Crippen molar-refractivity contribution in [3.63, 3.8) is 0 Å². The lowest BCUT2D eigenvalue weighted by Gasteiger charge is -2.09. The third kappa shape index (κ3) is 3.08. The quantitative estimate of drug-likeness (QED) is 0.535. The van der Waals surface area contributed by atoms with Crippen LogP contribution < -0.4 is 11.2 Å². The molecule has 1 aliphatic carbocycles. The first-order valence-corrected chi connectivity index (χ1v) is 9.01. The molecule has 3 heterocycles. The van der Waals surface area contributed by atoms with Crippen molar-refractivity contribution in [3.8, 4) is 11.3 Å². The van der Waals surface area contributed by atoms with Crippen molar-refractivity contribution in [1.29, 1.82) is 0 Å². The Morgan fingerprint density at radius 3 is 2.57 bits per heavy atom. The Morgan fingerprint density at radius 2 is 1.87 bits per heavy atom. The Hall–Kier alpha value is -3.76. The van der Waals surface area contributed by atoms with Gasteiger partial charge in [-0.3, -0.25) is 9.78 Å². The highest BCUT2D eigenvalue weighted by atomic mass is 19.4. The summed E-state index contributed by atoms with van der Waals surface area (Å²) in [6, 6.07) is 6.82. The summed E-state index contributed by atoms with van der Waals surface area (Å²) >= 11 is 0. The Balaban J connectivity index is 1.53. The number of alkyl halides is 3. The molecule has 1 fully saturated rings. The molecule has 1 aromatic carbocycles. The van der Waals surface area contributed by atoms with Crippen molar-refractivity contribution < 1.29 is 13.2 Å². The largest absolute Gasteiger partial charge is 0.416 e. The Labute approximate surface area is 165 Å². The molecule has 11 heteroatoms. The van der Waals surface area contributed by atoms with E-state index in [2.05, 4.69) is 25.0 Å². The number of nitrogens with zero attached hydrogens (tertiary/aromatic N) is 4. The summed E-state index contributed by atoms with van der Waals surface area (Å²) in [5, 5.41) is 4.18. The molecule has 1 aliphatic rings. The van der Waals surface area contributed by atoms with E-state index in [9.17, 15) is 22.8 Å². The van der Waals surface area contributed by atoms with Gasteiger partial charge in [0.2, 0.25) is 0 Å². The number of fused-ring (bicyclic) bond motifs is 1. The van der Waals surface area contributed by atoms with Crippen molar-refractivity contribution in [2.24, 2.45) is 0 Å². The first-order chi connectivity index (χ1) is 14.3. The van der Waals surface area contributed by atoms with E-state index in [-0.39, 0.29) is 23.2 Å². The number of H-pyrrole nitrogens is 2. The maximum atomic E-state index is 12.8. The van der Waals surface area contributed by atoms with Crippen molar-refractivity contribution in [2.45, 2.75) is 24.4 Å². The minimum atomic E-state index is -4.38. The van der Waals surface area contributed by atoms with Gasteiger partial charge in [0.1, 0.15) is 6.33 Å². The summed E-state index contributed by atoms with van der Waals surface area (Å²) in [6.07, 6.45) is -1.05. The van der Waals surface area contributed by atoms with Gasteiger partial charge in [0.15, 0.2) is 0 Å². The van der Waals surface area contributed by atoms with E-state index in [1.165, 1.54) is 24.7 Å². The smallest absolute Gasteiger partial charge is 0.313 e. The monoisotopic (exact) mass is 414 g/mol. The molecule has 0 bridgehead atoms. The van der Waals surface area contributed by atoms with Crippen LogP contribution in [0.15, 0.2) is 52.4 Å². The maximum absolute atomic E-state index is 12.8. The highest BCUT2D eigenvalue weighted by molar-refractivity contribution is 5.60. The molecule has 0 radical (unpaired) electrons. The molecule has 0 spiro atoms. The van der Waals surface area contributed by atoms with Gasteiger partial charge >= 0.3 is 11.9 Å². The maximum Gasteiger partial charge on any atom is 0.416 e. The third-order valence-corrected chi connectivity index (χ3v) is 5.21. The summed E-state index contributed by atoms with van der Waals surface area (Å²) < 4.78 is 40.0. The average molecular weight is 414 g/mol. The minimum Gasteiger partial charge on any atom is -0.313 e. The summed E-state index contributed by atoms with van der Waals surface area (Å²) in [5.74, 6) is 0.282. The fourth-order valence-corrected chi connectivity index (χ4v) is 3.65. The molecule has 4 aromatic rings. The molecule has 152 valence electrons. The standard InChI is InChI=1S/C19H13F3N6O2/c20-19(21,22)10-3-1-9(2-4-10)11-5-12(11)15-6-14(26-17-24-8-25-28(15)17)13-7-23-18(30)27-16(13)29/h1-4,6-8,11-12H,5H2,(H2,23,27,29,30)/t11-,12+/m0/s1. The van der Waals surface area contributed by atoms with Crippen LogP contribution in [0.25, 0.3) is 17.0 Å². The van der Waals surface area contributed by atoms with Crippen molar-refractivity contribution in [2.75, 3.05) is 0 Å². The molecule has 0 amide bonds. The molecule has 0 aliphatic heterocycles. The fraction of sp³-hybridized carbons (Fsp3) is 0.211. The van der Waals surface area contributed by atoms with Crippen molar-refractivity contribution in [3.05, 3.63) is 80.5 Å². The second-order valence-electron chi connectivity index (χ2n) is 7.09. The van der Waals surface area contributed by atoms with E-state index < -0.39 is 23.0 Å². The van der Waals surface area contributed by atoms with E-state index >= 15 is 0 Å². The predicted molar refractivity (Wildman–Crippen MR) is 99.0 cm³/mol. The summed E-state index contributed by atoms with van der Waals surface area (Å²) in [6.45, 7) is 0. The van der Waals surface area contributed by atoms with Crippen LogP contribution in [0, 0.1) is 0 Å². The second kappa shape index (κ2) is 6.37. The van der Waals surface area contributed by atoms with Crippen LogP contribution in [0.1, 0.15) is 35.1 Å². The molecule has 0 saturated heterocycles. The van der Waals surface area contributed by atoms with E-state index in [4.69, 9.17) is 0 Å². The fourth-order valence-electron chi connectivity index (χ4n) is 3.65. The van der Waals surface area contributed by atoms with Gasteiger partial charge in [-0.05, 0) is 36.1 Å². The summed E-state index contributed by atoms with van der Waals surface area (Å²) in [7, 11) is 0. The van der Waals surface area contributed by atoms with E-state index in [1.807, 2.05) is 0 Å². The highest BCUT2D eigenvalue weighted by Gasteiger charge is 2.42. The third-order valence-electron chi connectivity index (χ3n) is 5.21. The van der Waals surface area contributed by atoms with Crippen LogP contribution in [0.3, 0.4) is 0 Å². The van der Waals surface area contributed by atoms with Gasteiger partial charge < -0.3 is 4.98 Å². The van der Waals surface area contributed by atoms with Gasteiger partial charge in [0.25, 0.3) is 11.3 Å². The average Bonchev–Trinajstić information content (AvgIpc) is 3.35. The predicted octanol–water partition coefficient (Wildman–Crippen LogP) is 2.46. The zero-order valence-corrected chi connectivity index (χ0v) is 15.1. The number of halogens is 3. The molecule has 2 N–H and O–H groups in total. The number of nitrogens with one attached hydrogen (secondary N) is 2. The lowest BCUT2D eigenvalue weighted by molar-refractivity contribution is -0.137. The number of aromatic nitrogens is 6. The van der Waals surface area contributed by atoms with Gasteiger partial charge in [-0.15, -0.1) is 0 Å². The molecular weight excluding hydrogens is 401 g/mol. The van der Waals surface area contributed by atoms with Crippen LogP contribution in [0.4, 0.5) is 13.2 Å². The molecule has 8 nitrogen and oxygen atoms in total. The van der Waals surface area contributed by atoms with Gasteiger partial charge in [0, 0.05) is 12.1 Å². The van der Waals surface area contributed by atoms with Gasteiger partial charge in [-0.25, -0.2) is 14.3 Å². The minimum absolute atomic E-state index is 0.0174. The Kier molecular flexibility index (Phi) is 3.88. The molecule has 30 heavy (non-hydrogen) atoms. The number of hydrogen-bond donors (Lipinski definition) is 2. The molecule has 0 unspecified atom stereocenters. The van der Waals surface area contributed by atoms with Gasteiger partial charge in [0.05, 0.1) is 22.5 Å². The Bertz CT molecular complexity index is 1370. The molecule has 5 rings (SSSR count). The number of aromatic amines is 2. The molecule has 3 aromatic heterocycles. The van der Waals surface area contributed by atoms with Crippen LogP contribution in [-0.4, -0.2) is 29.5 Å². The summed E-state index contributed by atoms with van der Waals surface area (Å²) in [4.78, 5) is 36.4. The van der Waals surface area contributed by atoms with Gasteiger partial charge in [-0.1, -0.05) is 12.1 Å². The SMILES string of the molecule is O=c1[nH]cc(-c2cc([C@@H]3C[C@H]3c3ccc(C(F)(F)F)cc3)n3ncnc3n2)c(=O)[nH]1. The molecule has 2 atom stereocenters. The zero-order valence-electron chi connectivity index (χ0n) is 15.1. The number of hydrogen-bond acceptors (Lipinski definition) is 5. The normalized spacial score (nSPS) is 18.6. The van der Waals surface area contributed by atoms with E-state index in [0.29, 0.717) is 12.1 Å². The number of rotatable bonds is 3. The zero-order chi connectivity index (χ0) is 21.0. The molecule has 1 saturated carbocycles.